The zero-order valence-electron chi connectivity index (χ0n) is 19.0. The number of carbonyl (C=O) groups is 1. The van der Waals surface area contributed by atoms with Crippen molar-refractivity contribution in [1.82, 2.24) is 5.43 Å². The number of amides is 1. The minimum atomic E-state index is -0.388. The number of nitrogens with one attached hydrogen (secondary N) is 1. The molecule has 0 unspecified atom stereocenters. The molecule has 35 heavy (non-hydrogen) atoms. The molecular formula is C27H22FIN2O4. The van der Waals surface area contributed by atoms with Crippen LogP contribution in [0.25, 0.3) is 10.8 Å². The van der Waals surface area contributed by atoms with E-state index in [0.717, 1.165) is 14.3 Å². The van der Waals surface area contributed by atoms with Crippen LogP contribution >= 0.6 is 22.6 Å². The molecule has 4 aromatic rings. The van der Waals surface area contributed by atoms with Gasteiger partial charge < -0.3 is 14.2 Å². The van der Waals surface area contributed by atoms with Crippen LogP contribution in [0.1, 0.15) is 21.5 Å². The van der Waals surface area contributed by atoms with Crippen molar-refractivity contribution in [3.05, 3.63) is 98.9 Å². The average molecular weight is 584 g/mol. The molecule has 0 saturated carbocycles. The van der Waals surface area contributed by atoms with Gasteiger partial charge in [-0.2, -0.15) is 5.10 Å². The van der Waals surface area contributed by atoms with E-state index in [9.17, 15) is 9.18 Å². The first-order valence-electron chi connectivity index (χ1n) is 10.6. The van der Waals surface area contributed by atoms with E-state index in [-0.39, 0.29) is 18.3 Å². The summed E-state index contributed by atoms with van der Waals surface area (Å²) in [6.07, 6.45) is 1.52. The number of nitrogens with zero attached hydrogens (tertiary/aromatic N) is 1. The fourth-order valence-corrected chi connectivity index (χ4v) is 4.31. The van der Waals surface area contributed by atoms with Crippen LogP contribution in [0.4, 0.5) is 4.39 Å². The minimum absolute atomic E-state index is 0.196. The van der Waals surface area contributed by atoms with Crippen molar-refractivity contribution in [2.45, 2.75) is 6.61 Å². The van der Waals surface area contributed by atoms with Crippen LogP contribution in [0.2, 0.25) is 0 Å². The second-order valence-corrected chi connectivity index (χ2v) is 8.71. The summed E-state index contributed by atoms with van der Waals surface area (Å²) < 4.78 is 31.0. The molecule has 1 N–H and O–H groups in total. The first-order valence-corrected chi connectivity index (χ1v) is 11.7. The van der Waals surface area contributed by atoms with Crippen LogP contribution in [0.3, 0.4) is 0 Å². The lowest BCUT2D eigenvalue weighted by molar-refractivity contribution is 0.0952. The smallest absolute Gasteiger partial charge is 0.275 e. The Morgan fingerprint density at radius 2 is 1.71 bits per heavy atom. The number of methoxy groups -OCH3 is 2. The first kappa shape index (κ1) is 24.5. The lowest BCUT2D eigenvalue weighted by Crippen LogP contribution is -2.18. The number of rotatable bonds is 8. The molecule has 0 atom stereocenters. The highest BCUT2D eigenvalue weighted by Crippen LogP contribution is 2.34. The van der Waals surface area contributed by atoms with E-state index in [2.05, 4.69) is 33.1 Å². The monoisotopic (exact) mass is 584 g/mol. The second-order valence-electron chi connectivity index (χ2n) is 7.55. The summed E-state index contributed by atoms with van der Waals surface area (Å²) in [4.78, 5) is 12.8. The Hall–Kier alpha value is -3.66. The largest absolute Gasteiger partial charge is 0.496 e. The molecule has 178 valence electrons. The highest BCUT2D eigenvalue weighted by molar-refractivity contribution is 14.1. The Balaban J connectivity index is 1.48. The summed E-state index contributed by atoms with van der Waals surface area (Å²) in [7, 11) is 3.06. The molecular weight excluding hydrogens is 562 g/mol. The van der Waals surface area contributed by atoms with Gasteiger partial charge in [-0.25, -0.2) is 9.82 Å². The Kier molecular flexibility index (Phi) is 7.81. The predicted octanol–water partition coefficient (Wildman–Crippen LogP) is 5.94. The first-order chi connectivity index (χ1) is 17.0. The maximum Gasteiger partial charge on any atom is 0.275 e. The molecule has 4 rings (SSSR count). The van der Waals surface area contributed by atoms with Crippen molar-refractivity contribution in [2.24, 2.45) is 5.10 Å². The van der Waals surface area contributed by atoms with Crippen molar-refractivity contribution >= 4 is 45.5 Å². The summed E-state index contributed by atoms with van der Waals surface area (Å²) in [5, 5.41) is 6.01. The lowest BCUT2D eigenvalue weighted by atomic mass is 10.1. The van der Waals surface area contributed by atoms with Crippen LogP contribution in [0.5, 0.6) is 17.2 Å². The summed E-state index contributed by atoms with van der Waals surface area (Å²) in [6.45, 7) is 0.196. The third kappa shape index (κ3) is 5.89. The van der Waals surface area contributed by atoms with E-state index in [0.29, 0.717) is 33.9 Å². The van der Waals surface area contributed by atoms with Gasteiger partial charge in [0.2, 0.25) is 0 Å². The number of ether oxygens (including phenoxy) is 3. The molecule has 6 nitrogen and oxygen atoms in total. The molecule has 4 aromatic carbocycles. The number of hydrogen-bond donors (Lipinski definition) is 1. The quantitative estimate of drug-likeness (QED) is 0.158. The third-order valence-electron chi connectivity index (χ3n) is 5.22. The zero-order valence-corrected chi connectivity index (χ0v) is 21.2. The lowest BCUT2D eigenvalue weighted by Gasteiger charge is -2.13. The number of carbonyl (C=O) groups excluding carboxylic acids is 1. The zero-order chi connectivity index (χ0) is 24.8. The van der Waals surface area contributed by atoms with Gasteiger partial charge in [-0.3, -0.25) is 4.79 Å². The maximum atomic E-state index is 13.4. The molecule has 0 saturated heterocycles. The van der Waals surface area contributed by atoms with E-state index >= 15 is 0 Å². The molecule has 0 aliphatic rings. The Morgan fingerprint density at radius 1 is 0.971 bits per heavy atom. The summed E-state index contributed by atoms with van der Waals surface area (Å²) in [5.74, 6) is 0.799. The van der Waals surface area contributed by atoms with Crippen LogP contribution in [0.15, 0.2) is 77.9 Å². The molecule has 0 spiro atoms. The molecule has 0 bridgehead atoms. The summed E-state index contributed by atoms with van der Waals surface area (Å²) in [6, 6.07) is 21.2. The summed E-state index contributed by atoms with van der Waals surface area (Å²) in [5.41, 5.74) is 4.35. The van der Waals surface area contributed by atoms with Crippen molar-refractivity contribution in [3.8, 4) is 17.2 Å². The topological polar surface area (TPSA) is 69.2 Å². The minimum Gasteiger partial charge on any atom is -0.496 e. The number of fused-ring (bicyclic) bond motifs is 1. The van der Waals surface area contributed by atoms with Crippen LogP contribution in [-0.2, 0) is 6.61 Å². The SMILES string of the molecule is COc1cc2ccccc2cc1C(=O)N/N=C\c1cc(I)c(OCc2cccc(F)c2)c(OC)c1. The number of benzene rings is 4. The van der Waals surface area contributed by atoms with E-state index in [1.165, 1.54) is 32.6 Å². The number of halogens is 2. The molecule has 8 heteroatoms. The Labute approximate surface area is 215 Å². The Morgan fingerprint density at radius 3 is 2.43 bits per heavy atom. The van der Waals surface area contributed by atoms with Crippen LogP contribution < -0.4 is 19.6 Å². The van der Waals surface area contributed by atoms with Gasteiger partial charge in [-0.1, -0.05) is 36.4 Å². The van der Waals surface area contributed by atoms with Crippen molar-refractivity contribution in [3.63, 3.8) is 0 Å². The van der Waals surface area contributed by atoms with E-state index in [1.807, 2.05) is 36.4 Å². The number of hydrogen-bond acceptors (Lipinski definition) is 5. The predicted molar refractivity (Wildman–Crippen MR) is 142 cm³/mol. The van der Waals surface area contributed by atoms with Gasteiger partial charge in [-0.15, -0.1) is 0 Å². The van der Waals surface area contributed by atoms with Crippen LogP contribution in [-0.4, -0.2) is 26.3 Å². The van der Waals surface area contributed by atoms with Gasteiger partial charge in [0.15, 0.2) is 11.5 Å². The average Bonchev–Trinajstić information content (AvgIpc) is 2.86. The second kappa shape index (κ2) is 11.2. The molecule has 0 aromatic heterocycles. The van der Waals surface area contributed by atoms with Gasteiger partial charge in [0, 0.05) is 0 Å². The number of hydrazone groups is 1. The van der Waals surface area contributed by atoms with Crippen LogP contribution in [0, 0.1) is 9.39 Å². The van der Waals surface area contributed by atoms with Gasteiger partial charge in [0.05, 0.1) is 29.6 Å². The normalized spacial score (nSPS) is 11.0. The van der Waals surface area contributed by atoms with E-state index in [4.69, 9.17) is 14.2 Å². The van der Waals surface area contributed by atoms with Gasteiger partial charge >= 0.3 is 0 Å². The fraction of sp³-hybridized carbons (Fsp3) is 0.111. The fourth-order valence-electron chi connectivity index (χ4n) is 3.53. The Bertz CT molecular complexity index is 1410. The van der Waals surface area contributed by atoms with Crippen molar-refractivity contribution in [1.29, 1.82) is 0 Å². The molecule has 0 radical (unpaired) electrons. The van der Waals surface area contributed by atoms with Crippen molar-refractivity contribution < 1.29 is 23.4 Å². The third-order valence-corrected chi connectivity index (χ3v) is 6.02. The highest BCUT2D eigenvalue weighted by Gasteiger charge is 2.14. The van der Waals surface area contributed by atoms with Crippen molar-refractivity contribution in [2.75, 3.05) is 14.2 Å². The van der Waals surface area contributed by atoms with Gasteiger partial charge in [0.1, 0.15) is 18.2 Å². The molecule has 0 fully saturated rings. The standard InChI is InChI=1S/C27H22FIN2O4/c1-33-24-14-20-8-4-3-7-19(20)13-22(24)27(32)31-30-15-18-11-23(29)26(25(12-18)34-2)35-16-17-6-5-9-21(28)10-17/h3-15H,16H2,1-2H3,(H,31,32)/b30-15-. The molecule has 0 aliphatic heterocycles. The molecule has 0 aliphatic carbocycles. The molecule has 1 amide bonds. The molecule has 0 heterocycles. The van der Waals surface area contributed by atoms with Gasteiger partial charge in [-0.05, 0) is 80.9 Å². The van der Waals surface area contributed by atoms with E-state index < -0.39 is 0 Å². The highest BCUT2D eigenvalue weighted by atomic mass is 127. The summed E-state index contributed by atoms with van der Waals surface area (Å²) >= 11 is 2.13. The van der Waals surface area contributed by atoms with Gasteiger partial charge in [0.25, 0.3) is 5.91 Å². The van der Waals surface area contributed by atoms with E-state index in [1.54, 1.807) is 24.3 Å². The maximum absolute atomic E-state index is 13.4.